The highest BCUT2D eigenvalue weighted by Crippen LogP contribution is 2.47. The van der Waals surface area contributed by atoms with Crippen LogP contribution >= 0.6 is 0 Å². The van der Waals surface area contributed by atoms with E-state index in [0.29, 0.717) is 29.4 Å². The van der Waals surface area contributed by atoms with Crippen LogP contribution in [0.4, 0.5) is 0 Å². The Bertz CT molecular complexity index is 754. The van der Waals surface area contributed by atoms with Gasteiger partial charge in [0.05, 0.1) is 26.9 Å². The average molecular weight is 341 g/mol. The Balaban J connectivity index is 1.78. The van der Waals surface area contributed by atoms with Crippen LogP contribution in [0.1, 0.15) is 28.8 Å². The van der Waals surface area contributed by atoms with Gasteiger partial charge in [0, 0.05) is 12.0 Å². The number of methoxy groups -OCH3 is 3. The van der Waals surface area contributed by atoms with Crippen LogP contribution < -0.4 is 19.5 Å². The zero-order valence-corrected chi connectivity index (χ0v) is 14.8. The highest BCUT2D eigenvalue weighted by Gasteiger charge is 2.44. The summed E-state index contributed by atoms with van der Waals surface area (Å²) in [5, 5.41) is 3.05. The fourth-order valence-electron chi connectivity index (χ4n) is 3.13. The van der Waals surface area contributed by atoms with Crippen LogP contribution in [0.15, 0.2) is 42.5 Å². The smallest absolute Gasteiger partial charge is 0.255 e. The molecule has 1 saturated carbocycles. The molecule has 2 aromatic rings. The maximum absolute atomic E-state index is 12.7. The standard InChI is InChI=1S/C20H23NO4/c1-23-16-10-9-15(17(24-2)18(16)25-3)19(22)21-13-20(11-12-20)14-7-5-4-6-8-14/h4-10H,11-13H2,1-3H3,(H,21,22). The van der Waals surface area contributed by atoms with Gasteiger partial charge in [0.2, 0.25) is 5.75 Å². The van der Waals surface area contributed by atoms with Gasteiger partial charge in [-0.05, 0) is 30.5 Å². The maximum Gasteiger partial charge on any atom is 0.255 e. The van der Waals surface area contributed by atoms with Gasteiger partial charge in [-0.1, -0.05) is 30.3 Å². The zero-order valence-electron chi connectivity index (χ0n) is 14.8. The number of carbonyl (C=O) groups is 1. The number of hydrogen-bond acceptors (Lipinski definition) is 4. The van der Waals surface area contributed by atoms with Crippen molar-refractivity contribution in [2.24, 2.45) is 0 Å². The third kappa shape index (κ3) is 3.27. The number of amides is 1. The summed E-state index contributed by atoms with van der Waals surface area (Å²) in [7, 11) is 4.59. The van der Waals surface area contributed by atoms with Crippen LogP contribution in [0.2, 0.25) is 0 Å². The van der Waals surface area contributed by atoms with E-state index < -0.39 is 0 Å². The third-order valence-corrected chi connectivity index (χ3v) is 4.78. The molecule has 1 aliphatic rings. The molecule has 1 amide bonds. The second-order valence-electron chi connectivity index (χ2n) is 6.21. The van der Waals surface area contributed by atoms with Crippen LogP contribution in [0.25, 0.3) is 0 Å². The minimum Gasteiger partial charge on any atom is -0.493 e. The summed E-state index contributed by atoms with van der Waals surface area (Å²) >= 11 is 0. The van der Waals surface area contributed by atoms with E-state index in [1.807, 2.05) is 18.2 Å². The van der Waals surface area contributed by atoms with E-state index >= 15 is 0 Å². The van der Waals surface area contributed by atoms with Gasteiger partial charge in [-0.25, -0.2) is 0 Å². The van der Waals surface area contributed by atoms with Crippen molar-refractivity contribution in [3.8, 4) is 17.2 Å². The van der Waals surface area contributed by atoms with Crippen molar-refractivity contribution in [1.29, 1.82) is 0 Å². The van der Waals surface area contributed by atoms with E-state index in [2.05, 4.69) is 17.4 Å². The minimum atomic E-state index is -0.181. The molecule has 1 fully saturated rings. The predicted molar refractivity (Wildman–Crippen MR) is 95.8 cm³/mol. The summed E-state index contributed by atoms with van der Waals surface area (Å²) in [5.41, 5.74) is 1.76. The molecule has 3 rings (SSSR count). The summed E-state index contributed by atoms with van der Waals surface area (Å²) in [4.78, 5) is 12.7. The summed E-state index contributed by atoms with van der Waals surface area (Å²) in [5.74, 6) is 1.14. The van der Waals surface area contributed by atoms with Gasteiger partial charge >= 0.3 is 0 Å². The average Bonchev–Trinajstić information content (AvgIpc) is 3.46. The lowest BCUT2D eigenvalue weighted by atomic mass is 9.96. The maximum atomic E-state index is 12.7. The van der Waals surface area contributed by atoms with E-state index in [1.54, 1.807) is 19.2 Å². The third-order valence-electron chi connectivity index (χ3n) is 4.78. The fraction of sp³-hybridized carbons (Fsp3) is 0.350. The van der Waals surface area contributed by atoms with E-state index in [4.69, 9.17) is 14.2 Å². The molecule has 0 aliphatic heterocycles. The highest BCUT2D eigenvalue weighted by atomic mass is 16.5. The van der Waals surface area contributed by atoms with Gasteiger partial charge in [0.15, 0.2) is 11.5 Å². The topological polar surface area (TPSA) is 56.8 Å². The second kappa shape index (κ2) is 7.05. The molecule has 0 aromatic heterocycles. The van der Waals surface area contributed by atoms with Crippen molar-refractivity contribution in [3.63, 3.8) is 0 Å². The van der Waals surface area contributed by atoms with Gasteiger partial charge in [-0.15, -0.1) is 0 Å². The largest absolute Gasteiger partial charge is 0.493 e. The first-order valence-electron chi connectivity index (χ1n) is 8.28. The van der Waals surface area contributed by atoms with Gasteiger partial charge in [-0.2, -0.15) is 0 Å². The lowest BCUT2D eigenvalue weighted by molar-refractivity contribution is 0.0946. The number of carbonyl (C=O) groups excluding carboxylic acids is 1. The van der Waals surface area contributed by atoms with Crippen molar-refractivity contribution in [2.45, 2.75) is 18.3 Å². The van der Waals surface area contributed by atoms with Crippen LogP contribution in [-0.2, 0) is 5.41 Å². The predicted octanol–water partition coefficient (Wildman–Crippen LogP) is 3.17. The molecule has 2 aromatic carbocycles. The molecule has 0 spiro atoms. The summed E-state index contributed by atoms with van der Waals surface area (Å²) in [6.07, 6.45) is 2.17. The Morgan fingerprint density at radius 1 is 0.960 bits per heavy atom. The molecule has 0 saturated heterocycles. The van der Waals surface area contributed by atoms with E-state index in [0.717, 1.165) is 12.8 Å². The fourth-order valence-corrected chi connectivity index (χ4v) is 3.13. The van der Waals surface area contributed by atoms with Gasteiger partial charge in [0.25, 0.3) is 5.91 Å². The van der Waals surface area contributed by atoms with Gasteiger partial charge in [0.1, 0.15) is 0 Å². The number of nitrogens with one attached hydrogen (secondary N) is 1. The minimum absolute atomic E-state index is 0.0563. The highest BCUT2D eigenvalue weighted by molar-refractivity contribution is 5.98. The van der Waals surface area contributed by atoms with Crippen molar-refractivity contribution in [3.05, 3.63) is 53.6 Å². The Morgan fingerprint density at radius 2 is 1.64 bits per heavy atom. The quantitative estimate of drug-likeness (QED) is 0.840. The lowest BCUT2D eigenvalue weighted by Gasteiger charge is -2.18. The number of benzene rings is 2. The molecule has 0 atom stereocenters. The zero-order chi connectivity index (χ0) is 17.9. The van der Waals surface area contributed by atoms with E-state index in [1.165, 1.54) is 19.8 Å². The van der Waals surface area contributed by atoms with Crippen molar-refractivity contribution >= 4 is 5.91 Å². The molecule has 0 radical (unpaired) electrons. The molecular weight excluding hydrogens is 318 g/mol. The molecule has 0 bridgehead atoms. The molecule has 1 N–H and O–H groups in total. The van der Waals surface area contributed by atoms with Crippen molar-refractivity contribution < 1.29 is 19.0 Å². The first-order valence-corrected chi connectivity index (χ1v) is 8.28. The molecular formula is C20H23NO4. The number of ether oxygens (including phenoxy) is 3. The SMILES string of the molecule is COc1ccc(C(=O)NCC2(c3ccccc3)CC2)c(OC)c1OC. The molecule has 5 heteroatoms. The molecule has 25 heavy (non-hydrogen) atoms. The Hall–Kier alpha value is -2.69. The van der Waals surface area contributed by atoms with Gasteiger partial charge in [-0.3, -0.25) is 4.79 Å². The molecule has 132 valence electrons. The molecule has 0 unspecified atom stereocenters. The van der Waals surface area contributed by atoms with Crippen LogP contribution in [0, 0.1) is 0 Å². The molecule has 5 nitrogen and oxygen atoms in total. The Kier molecular flexibility index (Phi) is 4.83. The van der Waals surface area contributed by atoms with Crippen LogP contribution in [-0.4, -0.2) is 33.8 Å². The number of hydrogen-bond donors (Lipinski definition) is 1. The molecule has 0 heterocycles. The van der Waals surface area contributed by atoms with Crippen molar-refractivity contribution in [1.82, 2.24) is 5.32 Å². The first-order chi connectivity index (χ1) is 12.1. The number of rotatable bonds is 7. The first kappa shape index (κ1) is 17.1. The Labute approximate surface area is 147 Å². The summed E-state index contributed by atoms with van der Waals surface area (Å²) in [6.45, 7) is 0.605. The van der Waals surface area contributed by atoms with Crippen molar-refractivity contribution in [2.75, 3.05) is 27.9 Å². The van der Waals surface area contributed by atoms with Crippen LogP contribution in [0.5, 0.6) is 17.2 Å². The summed E-state index contributed by atoms with van der Waals surface area (Å²) < 4.78 is 16.0. The van der Waals surface area contributed by atoms with Gasteiger partial charge < -0.3 is 19.5 Å². The Morgan fingerprint density at radius 3 is 2.20 bits per heavy atom. The van der Waals surface area contributed by atoms with E-state index in [9.17, 15) is 4.79 Å². The lowest BCUT2D eigenvalue weighted by Crippen LogP contribution is -2.32. The molecule has 1 aliphatic carbocycles. The second-order valence-corrected chi connectivity index (χ2v) is 6.21. The monoisotopic (exact) mass is 341 g/mol. The summed E-state index contributed by atoms with van der Waals surface area (Å²) in [6, 6.07) is 13.7. The van der Waals surface area contributed by atoms with Crippen LogP contribution in [0.3, 0.4) is 0 Å². The van der Waals surface area contributed by atoms with E-state index in [-0.39, 0.29) is 11.3 Å². The normalized spacial score (nSPS) is 14.5.